The van der Waals surface area contributed by atoms with Gasteiger partial charge in [0, 0.05) is 11.1 Å². The molecule has 146 valence electrons. The van der Waals surface area contributed by atoms with Crippen molar-refractivity contribution in [2.75, 3.05) is 0 Å². The van der Waals surface area contributed by atoms with Gasteiger partial charge in [0.1, 0.15) is 0 Å². The monoisotopic (exact) mass is 348 g/mol. The smallest absolute Gasteiger partial charge is 0.0266 e. The molecule has 2 heteroatoms. The third-order valence-electron chi connectivity index (χ3n) is 7.86. The summed E-state index contributed by atoms with van der Waals surface area (Å²) in [5.41, 5.74) is 15.7. The minimum Gasteiger partial charge on any atom is -0.325 e. The molecule has 0 aromatic carbocycles. The van der Waals surface area contributed by atoms with Crippen LogP contribution in [0.15, 0.2) is 12.2 Å². The van der Waals surface area contributed by atoms with E-state index in [9.17, 15) is 0 Å². The van der Waals surface area contributed by atoms with Crippen LogP contribution in [0.5, 0.6) is 0 Å². The highest BCUT2D eigenvalue weighted by atomic mass is 14.9. The Morgan fingerprint density at radius 3 is 2.40 bits per heavy atom. The number of fused-ring (bicyclic) bond motifs is 1. The fraction of sp³-hybridized carbons (Fsp3) is 0.913. The van der Waals surface area contributed by atoms with Gasteiger partial charge in [-0.15, -0.1) is 0 Å². The van der Waals surface area contributed by atoms with Crippen LogP contribution in [0.2, 0.25) is 0 Å². The Morgan fingerprint density at radius 2 is 1.80 bits per heavy atom. The Bertz CT molecular complexity index is 445. The SMILES string of the molecule is C=C(CC)C1CCC2C1(N)CCC(C(C)CCC)C2(N)CCCCC. The van der Waals surface area contributed by atoms with Crippen molar-refractivity contribution in [3.63, 3.8) is 0 Å². The van der Waals surface area contributed by atoms with Crippen molar-refractivity contribution in [1.82, 2.24) is 0 Å². The van der Waals surface area contributed by atoms with E-state index >= 15 is 0 Å². The molecule has 0 radical (unpaired) electrons. The van der Waals surface area contributed by atoms with Gasteiger partial charge < -0.3 is 11.5 Å². The summed E-state index contributed by atoms with van der Waals surface area (Å²) in [7, 11) is 0. The predicted molar refractivity (Wildman–Crippen MR) is 110 cm³/mol. The van der Waals surface area contributed by atoms with E-state index in [1.807, 2.05) is 0 Å². The molecule has 0 saturated heterocycles. The molecule has 2 aliphatic rings. The maximum Gasteiger partial charge on any atom is 0.0266 e. The highest BCUT2D eigenvalue weighted by Gasteiger charge is 2.60. The second kappa shape index (κ2) is 8.57. The molecule has 2 saturated carbocycles. The van der Waals surface area contributed by atoms with Crippen molar-refractivity contribution in [3.8, 4) is 0 Å². The van der Waals surface area contributed by atoms with Gasteiger partial charge in [-0.05, 0) is 62.2 Å². The Hall–Kier alpha value is -0.340. The fourth-order valence-electron chi connectivity index (χ4n) is 6.51. The fourth-order valence-corrected chi connectivity index (χ4v) is 6.51. The minimum absolute atomic E-state index is 0.0699. The zero-order chi connectivity index (χ0) is 18.7. The van der Waals surface area contributed by atoms with Gasteiger partial charge in [-0.2, -0.15) is 0 Å². The Morgan fingerprint density at radius 1 is 1.08 bits per heavy atom. The van der Waals surface area contributed by atoms with Crippen LogP contribution in [0.3, 0.4) is 0 Å². The lowest BCUT2D eigenvalue weighted by molar-refractivity contribution is 0.00854. The second-order valence-corrected chi connectivity index (χ2v) is 9.29. The quantitative estimate of drug-likeness (QED) is 0.408. The molecule has 2 fully saturated rings. The van der Waals surface area contributed by atoms with Gasteiger partial charge >= 0.3 is 0 Å². The Labute approximate surface area is 157 Å². The zero-order valence-corrected chi connectivity index (χ0v) is 17.4. The van der Waals surface area contributed by atoms with Gasteiger partial charge in [0.25, 0.3) is 0 Å². The molecular formula is C23H44N2. The van der Waals surface area contributed by atoms with Crippen LogP contribution in [0.1, 0.15) is 98.3 Å². The number of rotatable bonds is 9. The molecule has 0 heterocycles. The lowest BCUT2D eigenvalue weighted by Gasteiger charge is -2.56. The largest absolute Gasteiger partial charge is 0.325 e. The van der Waals surface area contributed by atoms with Gasteiger partial charge in [-0.3, -0.25) is 0 Å². The topological polar surface area (TPSA) is 52.0 Å². The Balaban J connectivity index is 2.30. The first-order valence-electron chi connectivity index (χ1n) is 11.1. The summed E-state index contributed by atoms with van der Waals surface area (Å²) in [5.74, 6) is 2.32. The van der Waals surface area contributed by atoms with Crippen molar-refractivity contribution in [2.24, 2.45) is 35.1 Å². The molecule has 4 N–H and O–H groups in total. The summed E-state index contributed by atoms with van der Waals surface area (Å²) in [4.78, 5) is 0. The van der Waals surface area contributed by atoms with Crippen LogP contribution in [0.25, 0.3) is 0 Å². The predicted octanol–water partition coefficient (Wildman–Crippen LogP) is 5.80. The van der Waals surface area contributed by atoms with Crippen molar-refractivity contribution in [1.29, 1.82) is 0 Å². The first-order valence-corrected chi connectivity index (χ1v) is 11.1. The van der Waals surface area contributed by atoms with Crippen LogP contribution in [0, 0.1) is 23.7 Å². The van der Waals surface area contributed by atoms with E-state index in [-0.39, 0.29) is 11.1 Å². The molecule has 0 aromatic heterocycles. The van der Waals surface area contributed by atoms with Crippen molar-refractivity contribution < 1.29 is 0 Å². The molecule has 0 amide bonds. The van der Waals surface area contributed by atoms with Gasteiger partial charge in [0.05, 0.1) is 0 Å². The molecule has 2 aliphatic carbocycles. The van der Waals surface area contributed by atoms with Crippen LogP contribution in [0.4, 0.5) is 0 Å². The average molecular weight is 349 g/mol. The molecule has 0 bridgehead atoms. The summed E-state index contributed by atoms with van der Waals surface area (Å²) in [6.45, 7) is 13.6. The number of nitrogens with two attached hydrogens (primary N) is 2. The van der Waals surface area contributed by atoms with Crippen LogP contribution in [-0.2, 0) is 0 Å². The Kier molecular flexibility index (Phi) is 7.18. The summed E-state index contributed by atoms with van der Waals surface area (Å²) in [5, 5.41) is 0. The number of unbranched alkanes of at least 4 members (excludes halogenated alkanes) is 2. The van der Waals surface area contributed by atoms with Gasteiger partial charge in [-0.25, -0.2) is 0 Å². The van der Waals surface area contributed by atoms with E-state index in [1.165, 1.54) is 56.9 Å². The third-order valence-corrected chi connectivity index (χ3v) is 7.86. The number of hydrogen-bond donors (Lipinski definition) is 2. The van der Waals surface area contributed by atoms with E-state index in [1.54, 1.807) is 0 Å². The van der Waals surface area contributed by atoms with Crippen LogP contribution in [-0.4, -0.2) is 11.1 Å². The van der Waals surface area contributed by atoms with Crippen molar-refractivity contribution in [2.45, 2.75) is 109 Å². The highest BCUT2D eigenvalue weighted by molar-refractivity contribution is 5.23. The first-order chi connectivity index (χ1) is 11.8. The third kappa shape index (κ3) is 3.86. The van der Waals surface area contributed by atoms with E-state index in [2.05, 4.69) is 34.3 Å². The molecule has 6 atom stereocenters. The first kappa shape index (κ1) is 21.0. The van der Waals surface area contributed by atoms with Crippen molar-refractivity contribution in [3.05, 3.63) is 12.2 Å². The molecule has 0 spiro atoms. The van der Waals surface area contributed by atoms with E-state index < -0.39 is 0 Å². The lowest BCUT2D eigenvalue weighted by atomic mass is 9.53. The molecule has 2 rings (SSSR count). The summed E-state index contributed by atoms with van der Waals surface area (Å²) < 4.78 is 0. The molecule has 0 aromatic rings. The maximum absolute atomic E-state index is 7.34. The molecule has 25 heavy (non-hydrogen) atoms. The molecule has 6 unspecified atom stereocenters. The maximum atomic E-state index is 7.34. The zero-order valence-electron chi connectivity index (χ0n) is 17.4. The van der Waals surface area contributed by atoms with E-state index in [0.717, 1.165) is 25.2 Å². The summed E-state index contributed by atoms with van der Waals surface area (Å²) in [6, 6.07) is 0. The summed E-state index contributed by atoms with van der Waals surface area (Å²) >= 11 is 0. The molecule has 0 aliphatic heterocycles. The normalized spacial score (nSPS) is 39.2. The van der Waals surface area contributed by atoms with Gasteiger partial charge in [0.15, 0.2) is 0 Å². The van der Waals surface area contributed by atoms with E-state index in [4.69, 9.17) is 11.5 Å². The standard InChI is InChI=1S/C23H44N2/c1-6-9-10-15-22(24)20(18(5)11-7-2)14-16-23(25)19(17(4)8-3)12-13-21(22)23/h18-21H,4,6-16,24-25H2,1-3,5H3. The van der Waals surface area contributed by atoms with E-state index in [0.29, 0.717) is 17.8 Å². The van der Waals surface area contributed by atoms with Gasteiger partial charge in [0.2, 0.25) is 0 Å². The molecular weight excluding hydrogens is 304 g/mol. The van der Waals surface area contributed by atoms with Crippen LogP contribution < -0.4 is 11.5 Å². The number of hydrogen-bond acceptors (Lipinski definition) is 2. The second-order valence-electron chi connectivity index (χ2n) is 9.29. The lowest BCUT2D eigenvalue weighted by Crippen LogP contribution is -2.68. The highest BCUT2D eigenvalue weighted by Crippen LogP contribution is 2.57. The van der Waals surface area contributed by atoms with Crippen molar-refractivity contribution >= 4 is 0 Å². The summed E-state index contributed by atoms with van der Waals surface area (Å²) in [6.07, 6.45) is 13.4. The molecule has 2 nitrogen and oxygen atoms in total. The minimum atomic E-state index is -0.101. The average Bonchev–Trinajstić information content (AvgIpc) is 2.93. The van der Waals surface area contributed by atoms with Crippen LogP contribution >= 0.6 is 0 Å². The van der Waals surface area contributed by atoms with Gasteiger partial charge in [-0.1, -0.05) is 72.0 Å².